The Kier molecular flexibility index (Phi) is 6.31. The average molecular weight is 274 g/mol. The standard InChI is InChI=1S/C8H19IS/c1-4-6-7-8-10(3,9)5-2/h4-8H2,1-3H3. The summed E-state index contributed by atoms with van der Waals surface area (Å²) in [7, 11) is -0.222. The number of halogens is 1. The lowest BCUT2D eigenvalue weighted by Crippen LogP contribution is -1.97. The van der Waals surface area contributed by atoms with Crippen LogP contribution in [-0.2, 0) is 0 Å². The number of rotatable bonds is 5. The van der Waals surface area contributed by atoms with Gasteiger partial charge in [0.25, 0.3) is 0 Å². The highest BCUT2D eigenvalue weighted by molar-refractivity contribution is 14.2. The summed E-state index contributed by atoms with van der Waals surface area (Å²) in [6.45, 7) is 4.58. The molecule has 0 rings (SSSR count). The lowest BCUT2D eigenvalue weighted by molar-refractivity contribution is 0.777. The summed E-state index contributed by atoms with van der Waals surface area (Å²) in [6.07, 6.45) is 6.66. The Morgan fingerprint density at radius 2 is 1.80 bits per heavy atom. The van der Waals surface area contributed by atoms with Crippen LogP contribution in [0.25, 0.3) is 0 Å². The van der Waals surface area contributed by atoms with Crippen molar-refractivity contribution in [3.05, 3.63) is 0 Å². The lowest BCUT2D eigenvalue weighted by Gasteiger charge is -2.26. The molecule has 0 radical (unpaired) electrons. The molecule has 0 aliphatic heterocycles. The van der Waals surface area contributed by atoms with Crippen LogP contribution in [0.2, 0.25) is 0 Å². The van der Waals surface area contributed by atoms with E-state index in [4.69, 9.17) is 0 Å². The predicted molar refractivity (Wildman–Crippen MR) is 62.5 cm³/mol. The first-order chi connectivity index (χ1) is 4.62. The molecule has 0 saturated heterocycles. The number of hydrogen-bond acceptors (Lipinski definition) is 0. The van der Waals surface area contributed by atoms with E-state index in [2.05, 4.69) is 41.3 Å². The van der Waals surface area contributed by atoms with Crippen molar-refractivity contribution in [3.63, 3.8) is 0 Å². The summed E-state index contributed by atoms with van der Waals surface area (Å²) in [6, 6.07) is 0. The molecule has 0 aliphatic carbocycles. The van der Waals surface area contributed by atoms with Gasteiger partial charge in [0.2, 0.25) is 0 Å². The second kappa shape index (κ2) is 5.70. The van der Waals surface area contributed by atoms with Gasteiger partial charge >= 0.3 is 0 Å². The Bertz CT molecular complexity index is 81.3. The third kappa shape index (κ3) is 5.83. The Hall–Kier alpha value is 1.08. The molecule has 0 aromatic rings. The number of unbranched alkanes of at least 4 members (excludes halogenated alkanes) is 2. The Balaban J connectivity index is 3.28. The lowest BCUT2D eigenvalue weighted by atomic mass is 10.3. The minimum atomic E-state index is -0.222. The van der Waals surface area contributed by atoms with Crippen LogP contribution in [0.3, 0.4) is 0 Å². The quantitative estimate of drug-likeness (QED) is 0.525. The molecule has 0 nitrogen and oxygen atoms in total. The molecule has 2 heteroatoms. The van der Waals surface area contributed by atoms with Gasteiger partial charge in [-0.15, -0.1) is 0 Å². The highest BCUT2D eigenvalue weighted by Crippen LogP contribution is 2.52. The van der Waals surface area contributed by atoms with E-state index in [1.807, 2.05) is 0 Å². The highest BCUT2D eigenvalue weighted by atomic mass is 127. The minimum absolute atomic E-state index is 0.222. The Morgan fingerprint density at radius 3 is 2.20 bits per heavy atom. The van der Waals surface area contributed by atoms with Gasteiger partial charge in [0.05, 0.1) is 0 Å². The van der Waals surface area contributed by atoms with E-state index in [1.54, 1.807) is 0 Å². The summed E-state index contributed by atoms with van der Waals surface area (Å²) < 4.78 is 0. The fraction of sp³-hybridized carbons (Fsp3) is 1.00. The van der Waals surface area contributed by atoms with E-state index >= 15 is 0 Å². The maximum absolute atomic E-state index is 2.66. The van der Waals surface area contributed by atoms with Crippen molar-refractivity contribution in [2.24, 2.45) is 0 Å². The van der Waals surface area contributed by atoms with Gasteiger partial charge in [-0.1, -0.05) is 26.7 Å². The van der Waals surface area contributed by atoms with Crippen molar-refractivity contribution >= 4 is 28.4 Å². The van der Waals surface area contributed by atoms with Gasteiger partial charge in [-0.2, -0.15) is 7.20 Å². The minimum Gasteiger partial charge on any atom is -0.190 e. The maximum Gasteiger partial charge on any atom is -0.0146 e. The van der Waals surface area contributed by atoms with Crippen molar-refractivity contribution < 1.29 is 0 Å². The third-order valence-electron chi connectivity index (χ3n) is 1.78. The molecule has 0 aliphatic rings. The Labute approximate surface area is 79.1 Å². The van der Waals surface area contributed by atoms with Gasteiger partial charge in [0.15, 0.2) is 0 Å². The van der Waals surface area contributed by atoms with Crippen LogP contribution in [0.15, 0.2) is 0 Å². The summed E-state index contributed by atoms with van der Waals surface area (Å²) >= 11 is 2.66. The molecule has 0 amide bonds. The second-order valence-corrected chi connectivity index (χ2v) is 12.5. The first kappa shape index (κ1) is 11.1. The molecule has 1 atom stereocenters. The van der Waals surface area contributed by atoms with E-state index < -0.39 is 0 Å². The average Bonchev–Trinajstić information content (AvgIpc) is 1.89. The van der Waals surface area contributed by atoms with Crippen molar-refractivity contribution in [3.8, 4) is 0 Å². The molecule has 0 N–H and O–H groups in total. The smallest absolute Gasteiger partial charge is 0.0146 e. The SMILES string of the molecule is CCCCCS(C)(I)CC. The molecule has 0 aromatic carbocycles. The van der Waals surface area contributed by atoms with Crippen LogP contribution in [-0.4, -0.2) is 17.8 Å². The van der Waals surface area contributed by atoms with Gasteiger partial charge in [-0.3, -0.25) is 0 Å². The van der Waals surface area contributed by atoms with Crippen molar-refractivity contribution in [2.75, 3.05) is 17.8 Å². The molecule has 64 valence electrons. The predicted octanol–water partition coefficient (Wildman–Crippen LogP) is 3.98. The van der Waals surface area contributed by atoms with E-state index in [-0.39, 0.29) is 7.20 Å². The van der Waals surface area contributed by atoms with Crippen LogP contribution < -0.4 is 0 Å². The fourth-order valence-electron chi connectivity index (χ4n) is 0.797. The van der Waals surface area contributed by atoms with Crippen molar-refractivity contribution in [1.82, 2.24) is 0 Å². The van der Waals surface area contributed by atoms with Gasteiger partial charge in [-0.05, 0) is 45.4 Å². The summed E-state index contributed by atoms with van der Waals surface area (Å²) in [5.41, 5.74) is 0. The fourth-order valence-corrected chi connectivity index (χ4v) is 2.83. The molecule has 0 spiro atoms. The van der Waals surface area contributed by atoms with Crippen LogP contribution in [0.4, 0.5) is 0 Å². The van der Waals surface area contributed by atoms with Gasteiger partial charge in [-0.25, -0.2) is 0 Å². The van der Waals surface area contributed by atoms with Gasteiger partial charge in [0.1, 0.15) is 0 Å². The summed E-state index contributed by atoms with van der Waals surface area (Å²) in [5, 5.41) is 0. The van der Waals surface area contributed by atoms with Gasteiger partial charge < -0.3 is 0 Å². The van der Waals surface area contributed by atoms with E-state index in [1.165, 1.54) is 30.8 Å². The molecule has 0 saturated carbocycles. The van der Waals surface area contributed by atoms with Gasteiger partial charge in [0, 0.05) is 0 Å². The van der Waals surface area contributed by atoms with Crippen molar-refractivity contribution in [1.29, 1.82) is 0 Å². The second-order valence-electron chi connectivity index (χ2n) is 2.85. The van der Waals surface area contributed by atoms with Crippen LogP contribution in [0.5, 0.6) is 0 Å². The summed E-state index contributed by atoms with van der Waals surface area (Å²) in [4.78, 5) is 0. The maximum atomic E-state index is 2.66. The molecule has 10 heavy (non-hydrogen) atoms. The summed E-state index contributed by atoms with van der Waals surface area (Å²) in [5.74, 6) is 2.86. The monoisotopic (exact) mass is 274 g/mol. The molecular weight excluding hydrogens is 255 g/mol. The molecule has 1 unspecified atom stereocenters. The third-order valence-corrected chi connectivity index (χ3v) is 7.31. The zero-order valence-corrected chi connectivity index (χ0v) is 10.3. The van der Waals surface area contributed by atoms with E-state index in [0.717, 1.165) is 0 Å². The van der Waals surface area contributed by atoms with E-state index in [9.17, 15) is 0 Å². The first-order valence-corrected chi connectivity index (χ1v) is 8.98. The molecule has 0 heterocycles. The highest BCUT2D eigenvalue weighted by Gasteiger charge is 2.08. The molecule has 0 bridgehead atoms. The molecule has 0 fully saturated rings. The number of hydrogen-bond donors (Lipinski definition) is 0. The van der Waals surface area contributed by atoms with E-state index in [0.29, 0.717) is 0 Å². The Morgan fingerprint density at radius 1 is 1.20 bits per heavy atom. The van der Waals surface area contributed by atoms with Crippen LogP contribution in [0.1, 0.15) is 33.1 Å². The van der Waals surface area contributed by atoms with Crippen LogP contribution in [0, 0.1) is 0 Å². The normalized spacial score (nSPS) is 20.0. The van der Waals surface area contributed by atoms with Crippen LogP contribution >= 0.6 is 28.4 Å². The topological polar surface area (TPSA) is 0 Å². The molecular formula is C8H19IS. The largest absolute Gasteiger partial charge is 0.190 e. The zero-order chi connectivity index (χ0) is 8.04. The molecule has 0 aromatic heterocycles. The zero-order valence-electron chi connectivity index (χ0n) is 7.32. The first-order valence-electron chi connectivity index (χ1n) is 4.05. The van der Waals surface area contributed by atoms with Crippen molar-refractivity contribution in [2.45, 2.75) is 33.1 Å².